The van der Waals surface area contributed by atoms with Crippen molar-refractivity contribution in [3.8, 4) is 0 Å². The van der Waals surface area contributed by atoms with Gasteiger partial charge in [0, 0.05) is 24.5 Å². The number of amides is 1. The van der Waals surface area contributed by atoms with Crippen LogP contribution < -0.4 is 5.32 Å². The summed E-state index contributed by atoms with van der Waals surface area (Å²) in [4.78, 5) is 23.9. The van der Waals surface area contributed by atoms with E-state index in [0.717, 1.165) is 23.3 Å². The lowest BCUT2D eigenvalue weighted by Crippen LogP contribution is -2.44. The highest BCUT2D eigenvalue weighted by atomic mass is 32.2. The molecule has 3 rings (SSSR count). The Bertz CT molecular complexity index is 965. The van der Waals surface area contributed by atoms with E-state index in [4.69, 9.17) is 0 Å². The molecular formula is C19H26N4O3S2. The third kappa shape index (κ3) is 4.57. The highest BCUT2D eigenvalue weighted by Crippen LogP contribution is 2.28. The summed E-state index contributed by atoms with van der Waals surface area (Å²) in [7, 11) is -3.04. The average Bonchev–Trinajstić information content (AvgIpc) is 3.02. The molecule has 2 heterocycles. The first-order valence-corrected chi connectivity index (χ1v) is 12.2. The Balaban J connectivity index is 1.79. The van der Waals surface area contributed by atoms with E-state index >= 15 is 0 Å². The summed E-state index contributed by atoms with van der Waals surface area (Å²) in [6, 6.07) is 7.53. The maximum atomic E-state index is 13.0. The number of anilines is 1. The molecule has 1 N–H and O–H groups in total. The summed E-state index contributed by atoms with van der Waals surface area (Å²) in [6.45, 7) is 6.94. The summed E-state index contributed by atoms with van der Waals surface area (Å²) in [6.07, 6.45) is 0.510. The summed E-state index contributed by atoms with van der Waals surface area (Å²) < 4.78 is 23.6. The van der Waals surface area contributed by atoms with Crippen LogP contribution in [0.15, 0.2) is 29.4 Å². The molecular weight excluding hydrogens is 396 g/mol. The number of rotatable bonds is 7. The molecule has 0 aliphatic carbocycles. The van der Waals surface area contributed by atoms with Crippen molar-refractivity contribution in [1.29, 1.82) is 0 Å². The molecule has 0 bridgehead atoms. The topological polar surface area (TPSA) is 92.3 Å². The fraction of sp³-hybridized carbons (Fsp3) is 0.526. The number of hydrogen-bond acceptors (Lipinski definition) is 7. The van der Waals surface area contributed by atoms with Gasteiger partial charge >= 0.3 is 0 Å². The number of carbonyl (C=O) groups excluding carboxylic acids is 1. The fourth-order valence-corrected chi connectivity index (χ4v) is 6.05. The van der Waals surface area contributed by atoms with Gasteiger partial charge in [0.25, 0.3) is 0 Å². The van der Waals surface area contributed by atoms with Crippen molar-refractivity contribution < 1.29 is 13.2 Å². The van der Waals surface area contributed by atoms with E-state index in [1.807, 2.05) is 45.0 Å². The van der Waals surface area contributed by atoms with Crippen LogP contribution in [0.1, 0.15) is 27.2 Å². The van der Waals surface area contributed by atoms with E-state index in [-0.39, 0.29) is 23.5 Å². The lowest BCUT2D eigenvalue weighted by Gasteiger charge is -2.29. The Kier molecular flexibility index (Phi) is 6.44. The van der Waals surface area contributed by atoms with Gasteiger partial charge in [-0.25, -0.2) is 18.4 Å². The first kappa shape index (κ1) is 20.9. The van der Waals surface area contributed by atoms with Crippen LogP contribution in [0.25, 0.3) is 10.9 Å². The molecule has 1 amide bonds. The Morgan fingerprint density at radius 3 is 2.71 bits per heavy atom. The van der Waals surface area contributed by atoms with Crippen molar-refractivity contribution in [3.05, 3.63) is 24.3 Å². The lowest BCUT2D eigenvalue weighted by atomic mass is 10.2. The van der Waals surface area contributed by atoms with Gasteiger partial charge in [-0.05, 0) is 39.3 Å². The number of nitrogens with zero attached hydrogens (tertiary/aromatic N) is 3. The van der Waals surface area contributed by atoms with Crippen LogP contribution in [0.2, 0.25) is 0 Å². The zero-order valence-electron chi connectivity index (χ0n) is 16.4. The van der Waals surface area contributed by atoms with Gasteiger partial charge in [-0.15, -0.1) is 0 Å². The van der Waals surface area contributed by atoms with Gasteiger partial charge in [0.2, 0.25) is 5.91 Å². The predicted octanol–water partition coefficient (Wildman–Crippen LogP) is 2.58. The van der Waals surface area contributed by atoms with Crippen LogP contribution in [0.4, 0.5) is 5.82 Å². The van der Waals surface area contributed by atoms with Crippen LogP contribution in [-0.4, -0.2) is 65.1 Å². The number of benzene rings is 1. The monoisotopic (exact) mass is 422 g/mol. The van der Waals surface area contributed by atoms with Crippen LogP contribution in [0.5, 0.6) is 0 Å². The molecule has 7 nitrogen and oxygen atoms in total. The molecule has 152 valence electrons. The van der Waals surface area contributed by atoms with Crippen molar-refractivity contribution in [2.24, 2.45) is 0 Å². The normalized spacial score (nSPS) is 19.5. The Hall–Kier alpha value is -1.87. The molecule has 0 radical (unpaired) electrons. The number of hydrogen-bond donors (Lipinski definition) is 1. The predicted molar refractivity (Wildman–Crippen MR) is 113 cm³/mol. The first-order chi connectivity index (χ1) is 13.3. The number of para-hydroxylation sites is 1. The van der Waals surface area contributed by atoms with Gasteiger partial charge in [0.1, 0.15) is 5.82 Å². The average molecular weight is 423 g/mol. The minimum Gasteiger partial charge on any atom is -0.370 e. The first-order valence-electron chi connectivity index (χ1n) is 9.52. The van der Waals surface area contributed by atoms with Crippen LogP contribution >= 0.6 is 11.8 Å². The largest absolute Gasteiger partial charge is 0.370 e. The smallest absolute Gasteiger partial charge is 0.236 e. The number of aromatic nitrogens is 2. The second-order valence-corrected chi connectivity index (χ2v) is 10.4. The Morgan fingerprint density at radius 1 is 1.32 bits per heavy atom. The zero-order chi connectivity index (χ0) is 20.3. The maximum Gasteiger partial charge on any atom is 0.236 e. The van der Waals surface area contributed by atoms with E-state index in [1.165, 1.54) is 11.8 Å². The summed E-state index contributed by atoms with van der Waals surface area (Å²) in [5.41, 5.74) is 0.824. The molecule has 0 saturated carbocycles. The SMILES string of the molecule is CCNc1nc(SC(C)C(=O)N(CC)C2CCS(=O)(=O)C2)nc2ccccc12. The van der Waals surface area contributed by atoms with Gasteiger partial charge in [-0.3, -0.25) is 4.79 Å². The Labute approximate surface area is 170 Å². The van der Waals surface area contributed by atoms with Crippen molar-refractivity contribution >= 4 is 44.2 Å². The molecule has 28 heavy (non-hydrogen) atoms. The molecule has 1 aliphatic heterocycles. The lowest BCUT2D eigenvalue weighted by molar-refractivity contribution is -0.131. The molecule has 1 aromatic carbocycles. The maximum absolute atomic E-state index is 13.0. The van der Waals surface area contributed by atoms with Crippen molar-refractivity contribution in [3.63, 3.8) is 0 Å². The molecule has 2 unspecified atom stereocenters. The van der Waals surface area contributed by atoms with Crippen LogP contribution in [-0.2, 0) is 14.6 Å². The van der Waals surface area contributed by atoms with Crippen LogP contribution in [0, 0.1) is 0 Å². The van der Waals surface area contributed by atoms with Gasteiger partial charge in [-0.1, -0.05) is 23.9 Å². The number of nitrogens with one attached hydrogen (secondary N) is 1. The van der Waals surface area contributed by atoms with Gasteiger partial charge < -0.3 is 10.2 Å². The minimum absolute atomic E-state index is 0.0566. The standard InChI is InChI=1S/C19H26N4O3S2/c1-4-20-17-15-8-6-7-9-16(15)21-19(22-17)27-13(3)18(24)23(5-2)14-10-11-28(25,26)12-14/h6-9,13-14H,4-5,10-12H2,1-3H3,(H,20,21,22). The third-order valence-corrected chi connectivity index (χ3v) is 7.53. The van der Waals surface area contributed by atoms with Crippen molar-refractivity contribution in [1.82, 2.24) is 14.9 Å². The van der Waals surface area contributed by atoms with Crippen molar-refractivity contribution in [2.45, 2.75) is 43.6 Å². The van der Waals surface area contributed by atoms with E-state index in [0.29, 0.717) is 18.1 Å². The highest BCUT2D eigenvalue weighted by Gasteiger charge is 2.35. The van der Waals surface area contributed by atoms with E-state index in [1.54, 1.807) is 4.90 Å². The summed E-state index contributed by atoms with van der Waals surface area (Å²) in [5, 5.41) is 4.33. The molecule has 1 aliphatic rings. The Morgan fingerprint density at radius 2 is 2.07 bits per heavy atom. The molecule has 0 spiro atoms. The van der Waals surface area contributed by atoms with Crippen LogP contribution in [0.3, 0.4) is 0 Å². The van der Waals surface area contributed by atoms with E-state index < -0.39 is 15.1 Å². The minimum atomic E-state index is -3.04. The second kappa shape index (κ2) is 8.65. The number of fused-ring (bicyclic) bond motifs is 1. The number of thioether (sulfide) groups is 1. The third-order valence-electron chi connectivity index (χ3n) is 4.83. The van der Waals surface area contributed by atoms with Gasteiger partial charge in [-0.2, -0.15) is 0 Å². The molecule has 1 saturated heterocycles. The highest BCUT2D eigenvalue weighted by molar-refractivity contribution is 8.00. The van der Waals surface area contributed by atoms with Gasteiger partial charge in [0.15, 0.2) is 15.0 Å². The van der Waals surface area contributed by atoms with Crippen molar-refractivity contribution in [2.75, 3.05) is 29.9 Å². The van der Waals surface area contributed by atoms with E-state index in [2.05, 4.69) is 15.3 Å². The van der Waals surface area contributed by atoms with E-state index in [9.17, 15) is 13.2 Å². The summed E-state index contributed by atoms with van der Waals surface area (Å²) >= 11 is 1.31. The molecule has 2 atom stereocenters. The fourth-order valence-electron chi connectivity index (χ4n) is 3.47. The molecule has 2 aromatic rings. The zero-order valence-corrected chi connectivity index (χ0v) is 18.0. The summed E-state index contributed by atoms with van der Waals surface area (Å²) in [5.74, 6) is 0.893. The van der Waals surface area contributed by atoms with Gasteiger partial charge in [0.05, 0.1) is 22.3 Å². The molecule has 1 aromatic heterocycles. The number of sulfone groups is 1. The quantitative estimate of drug-likeness (QED) is 0.541. The number of carbonyl (C=O) groups is 1. The second-order valence-electron chi connectivity index (χ2n) is 6.84. The molecule has 1 fully saturated rings. The molecule has 9 heteroatoms.